The van der Waals surface area contributed by atoms with Crippen molar-refractivity contribution in [2.45, 2.75) is 77.4 Å². The van der Waals surface area contributed by atoms with Crippen LogP contribution in [-0.2, 0) is 9.53 Å². The molecule has 1 rings (SSSR count). The van der Waals surface area contributed by atoms with E-state index in [2.05, 4.69) is 6.92 Å². The van der Waals surface area contributed by atoms with Gasteiger partial charge in [-0.1, -0.05) is 40.0 Å². The molecule has 0 saturated heterocycles. The van der Waals surface area contributed by atoms with E-state index in [1.54, 1.807) is 0 Å². The van der Waals surface area contributed by atoms with E-state index in [0.717, 1.165) is 12.8 Å². The predicted molar refractivity (Wildman–Crippen MR) is 68.1 cm³/mol. The molecule has 0 aromatic heterocycles. The third-order valence-electron chi connectivity index (χ3n) is 4.27. The molecule has 1 saturated carbocycles. The summed E-state index contributed by atoms with van der Waals surface area (Å²) in [4.78, 5) is 11.4. The van der Waals surface area contributed by atoms with E-state index in [4.69, 9.17) is 4.74 Å². The van der Waals surface area contributed by atoms with Crippen LogP contribution in [0.15, 0.2) is 0 Å². The standard InChI is InChI=1S/C14H26O3/c1-4-11-9-7-8-10-12(11)17-14(5-2,6-3)13(15)16/h11-12H,4-10H2,1-3H3,(H,15,16). The molecule has 100 valence electrons. The van der Waals surface area contributed by atoms with Gasteiger partial charge in [-0.05, 0) is 31.6 Å². The van der Waals surface area contributed by atoms with Gasteiger partial charge in [-0.25, -0.2) is 4.79 Å². The Labute approximate surface area is 105 Å². The second-order valence-corrected chi connectivity index (χ2v) is 5.12. The molecule has 1 fully saturated rings. The second-order valence-electron chi connectivity index (χ2n) is 5.12. The van der Waals surface area contributed by atoms with Crippen LogP contribution in [0.25, 0.3) is 0 Å². The Kier molecular flexibility index (Phi) is 5.44. The van der Waals surface area contributed by atoms with Crippen LogP contribution >= 0.6 is 0 Å². The fraction of sp³-hybridized carbons (Fsp3) is 0.929. The van der Waals surface area contributed by atoms with E-state index in [1.165, 1.54) is 19.3 Å². The second kappa shape index (κ2) is 6.39. The Morgan fingerprint density at radius 2 is 1.82 bits per heavy atom. The Balaban J connectivity index is 2.74. The van der Waals surface area contributed by atoms with Crippen LogP contribution in [-0.4, -0.2) is 22.8 Å². The number of hydrogen-bond donors (Lipinski definition) is 1. The zero-order chi connectivity index (χ0) is 12.9. The number of carboxylic acid groups (broad SMARTS) is 1. The van der Waals surface area contributed by atoms with Crippen molar-refractivity contribution >= 4 is 5.97 Å². The van der Waals surface area contributed by atoms with Crippen LogP contribution in [0.5, 0.6) is 0 Å². The highest BCUT2D eigenvalue weighted by Gasteiger charge is 2.40. The van der Waals surface area contributed by atoms with Crippen molar-refractivity contribution in [3.8, 4) is 0 Å². The predicted octanol–water partition coefficient (Wildman–Crippen LogP) is 3.62. The fourth-order valence-corrected chi connectivity index (χ4v) is 2.86. The van der Waals surface area contributed by atoms with Gasteiger partial charge >= 0.3 is 5.97 Å². The molecular formula is C14H26O3. The average Bonchev–Trinajstić information content (AvgIpc) is 2.36. The summed E-state index contributed by atoms with van der Waals surface area (Å²) in [5.41, 5.74) is -0.963. The number of hydrogen-bond acceptors (Lipinski definition) is 2. The Bertz CT molecular complexity index is 246. The van der Waals surface area contributed by atoms with E-state index in [0.29, 0.717) is 18.8 Å². The van der Waals surface area contributed by atoms with E-state index in [9.17, 15) is 9.90 Å². The first-order valence-electron chi connectivity index (χ1n) is 7.00. The van der Waals surface area contributed by atoms with Crippen molar-refractivity contribution in [2.24, 2.45) is 5.92 Å². The number of aliphatic carboxylic acids is 1. The smallest absolute Gasteiger partial charge is 0.335 e. The van der Waals surface area contributed by atoms with Gasteiger partial charge in [0.25, 0.3) is 0 Å². The molecule has 0 bridgehead atoms. The number of rotatable bonds is 6. The van der Waals surface area contributed by atoms with E-state index < -0.39 is 11.6 Å². The van der Waals surface area contributed by atoms with Gasteiger partial charge in [0.2, 0.25) is 0 Å². The lowest BCUT2D eigenvalue weighted by Gasteiger charge is -2.38. The van der Waals surface area contributed by atoms with E-state index in [1.807, 2.05) is 13.8 Å². The monoisotopic (exact) mass is 242 g/mol. The lowest BCUT2D eigenvalue weighted by Crippen LogP contribution is -2.46. The largest absolute Gasteiger partial charge is 0.479 e. The summed E-state index contributed by atoms with van der Waals surface area (Å²) in [7, 11) is 0. The summed E-state index contributed by atoms with van der Waals surface area (Å²) in [6.45, 7) is 5.98. The first-order valence-corrected chi connectivity index (χ1v) is 7.00. The molecule has 3 nitrogen and oxygen atoms in total. The molecule has 0 radical (unpaired) electrons. The van der Waals surface area contributed by atoms with Gasteiger partial charge in [-0.2, -0.15) is 0 Å². The van der Waals surface area contributed by atoms with Crippen molar-refractivity contribution in [1.29, 1.82) is 0 Å². The maximum Gasteiger partial charge on any atom is 0.335 e. The highest BCUT2D eigenvalue weighted by Crippen LogP contribution is 2.34. The number of ether oxygens (including phenoxy) is 1. The van der Waals surface area contributed by atoms with Gasteiger partial charge in [0, 0.05) is 0 Å². The molecule has 1 N–H and O–H groups in total. The van der Waals surface area contributed by atoms with Crippen LogP contribution in [0, 0.1) is 5.92 Å². The molecular weight excluding hydrogens is 216 g/mol. The first kappa shape index (κ1) is 14.5. The minimum atomic E-state index is -0.963. The van der Waals surface area contributed by atoms with Crippen LogP contribution < -0.4 is 0 Å². The zero-order valence-electron chi connectivity index (χ0n) is 11.4. The molecule has 0 heterocycles. The lowest BCUT2D eigenvalue weighted by atomic mass is 9.83. The molecule has 0 aromatic carbocycles. The maximum atomic E-state index is 11.4. The SMILES string of the molecule is CCC1CCCCC1OC(CC)(CC)C(=O)O. The summed E-state index contributed by atoms with van der Waals surface area (Å²) in [5, 5.41) is 9.39. The minimum Gasteiger partial charge on any atom is -0.479 e. The molecule has 2 unspecified atom stereocenters. The quantitative estimate of drug-likeness (QED) is 0.774. The number of carboxylic acids is 1. The average molecular weight is 242 g/mol. The Hall–Kier alpha value is -0.570. The fourth-order valence-electron chi connectivity index (χ4n) is 2.86. The molecule has 17 heavy (non-hydrogen) atoms. The summed E-state index contributed by atoms with van der Waals surface area (Å²) >= 11 is 0. The molecule has 0 aliphatic heterocycles. The molecule has 3 heteroatoms. The van der Waals surface area contributed by atoms with Crippen molar-refractivity contribution in [3.05, 3.63) is 0 Å². The number of carbonyl (C=O) groups is 1. The maximum absolute atomic E-state index is 11.4. The third-order valence-corrected chi connectivity index (χ3v) is 4.27. The summed E-state index contributed by atoms with van der Waals surface area (Å²) in [5.74, 6) is -0.261. The third kappa shape index (κ3) is 3.21. The molecule has 1 aliphatic carbocycles. The Morgan fingerprint density at radius 3 is 2.29 bits per heavy atom. The lowest BCUT2D eigenvalue weighted by molar-refractivity contribution is -0.183. The van der Waals surface area contributed by atoms with Crippen LogP contribution in [0.2, 0.25) is 0 Å². The zero-order valence-corrected chi connectivity index (χ0v) is 11.4. The normalized spacial score (nSPS) is 25.8. The van der Waals surface area contributed by atoms with E-state index >= 15 is 0 Å². The van der Waals surface area contributed by atoms with Crippen LogP contribution in [0.3, 0.4) is 0 Å². The van der Waals surface area contributed by atoms with E-state index in [-0.39, 0.29) is 6.10 Å². The minimum absolute atomic E-state index is 0.143. The summed E-state index contributed by atoms with van der Waals surface area (Å²) in [6.07, 6.45) is 6.97. The molecule has 0 amide bonds. The molecule has 1 aliphatic rings. The topological polar surface area (TPSA) is 46.5 Å². The van der Waals surface area contributed by atoms with Gasteiger partial charge in [-0.3, -0.25) is 0 Å². The van der Waals surface area contributed by atoms with Gasteiger partial charge in [0.15, 0.2) is 5.60 Å². The van der Waals surface area contributed by atoms with Crippen molar-refractivity contribution in [2.75, 3.05) is 0 Å². The highest BCUT2D eigenvalue weighted by atomic mass is 16.5. The van der Waals surface area contributed by atoms with Gasteiger partial charge in [0.1, 0.15) is 0 Å². The molecule has 0 aromatic rings. The van der Waals surface area contributed by atoms with Crippen molar-refractivity contribution in [1.82, 2.24) is 0 Å². The van der Waals surface area contributed by atoms with Gasteiger partial charge in [0.05, 0.1) is 6.10 Å². The van der Waals surface area contributed by atoms with Crippen LogP contribution in [0.4, 0.5) is 0 Å². The first-order chi connectivity index (χ1) is 8.09. The highest BCUT2D eigenvalue weighted by molar-refractivity contribution is 5.77. The molecule has 2 atom stereocenters. The Morgan fingerprint density at radius 1 is 1.24 bits per heavy atom. The molecule has 0 spiro atoms. The van der Waals surface area contributed by atoms with Crippen molar-refractivity contribution in [3.63, 3.8) is 0 Å². The summed E-state index contributed by atoms with van der Waals surface area (Å²) < 4.78 is 6.04. The van der Waals surface area contributed by atoms with Crippen LogP contribution in [0.1, 0.15) is 65.7 Å². The van der Waals surface area contributed by atoms with Gasteiger partial charge in [-0.15, -0.1) is 0 Å². The van der Waals surface area contributed by atoms with Crippen molar-refractivity contribution < 1.29 is 14.6 Å². The van der Waals surface area contributed by atoms with Gasteiger partial charge < -0.3 is 9.84 Å². The summed E-state index contributed by atoms with van der Waals surface area (Å²) in [6, 6.07) is 0.